The van der Waals surface area contributed by atoms with Crippen molar-refractivity contribution in [2.45, 2.75) is 38.6 Å². The first-order chi connectivity index (χ1) is 11.4. The number of fused-ring (bicyclic) bond motifs is 1. The van der Waals surface area contributed by atoms with Gasteiger partial charge in [-0.15, -0.1) is 0 Å². The lowest BCUT2D eigenvalue weighted by atomic mass is 9.57. The van der Waals surface area contributed by atoms with Gasteiger partial charge in [0.2, 0.25) is 5.91 Å². The summed E-state index contributed by atoms with van der Waals surface area (Å²) < 4.78 is 0. The highest BCUT2D eigenvalue weighted by atomic mass is 16.2. The van der Waals surface area contributed by atoms with Gasteiger partial charge in [-0.25, -0.2) is 0 Å². The fourth-order valence-electron chi connectivity index (χ4n) is 4.26. The summed E-state index contributed by atoms with van der Waals surface area (Å²) >= 11 is 0. The molecule has 0 N–H and O–H groups in total. The van der Waals surface area contributed by atoms with Gasteiger partial charge in [-0.2, -0.15) is 5.26 Å². The van der Waals surface area contributed by atoms with Gasteiger partial charge in [0.15, 0.2) is 5.78 Å². The van der Waals surface area contributed by atoms with E-state index in [4.69, 9.17) is 0 Å². The molecule has 1 fully saturated rings. The van der Waals surface area contributed by atoms with Crippen molar-refractivity contribution in [2.75, 3.05) is 6.54 Å². The summed E-state index contributed by atoms with van der Waals surface area (Å²) in [5, 5.41) is 9.43. The third kappa shape index (κ3) is 2.19. The SMILES string of the molecule is CC(C)N1CC[C@H]2[C@H](C)C(=O)C(C#N)=C[C@@]2(c2ccccc2)C1=O. The highest BCUT2D eigenvalue weighted by molar-refractivity contribution is 6.06. The molecule has 4 nitrogen and oxygen atoms in total. The van der Waals surface area contributed by atoms with Gasteiger partial charge in [-0.05, 0) is 37.8 Å². The average molecular weight is 322 g/mol. The Morgan fingerprint density at radius 3 is 2.50 bits per heavy atom. The quantitative estimate of drug-likeness (QED) is 0.841. The Balaban J connectivity index is 2.28. The summed E-state index contributed by atoms with van der Waals surface area (Å²) in [5.74, 6) is -0.568. The topological polar surface area (TPSA) is 61.2 Å². The van der Waals surface area contributed by atoms with Crippen LogP contribution in [-0.2, 0) is 15.0 Å². The monoisotopic (exact) mass is 322 g/mol. The van der Waals surface area contributed by atoms with Crippen molar-refractivity contribution in [1.82, 2.24) is 4.90 Å². The van der Waals surface area contributed by atoms with Gasteiger partial charge in [0.25, 0.3) is 0 Å². The summed E-state index contributed by atoms with van der Waals surface area (Å²) in [7, 11) is 0. The highest BCUT2D eigenvalue weighted by Gasteiger charge is 2.56. The van der Waals surface area contributed by atoms with Crippen molar-refractivity contribution in [3.8, 4) is 6.07 Å². The van der Waals surface area contributed by atoms with E-state index in [0.29, 0.717) is 6.54 Å². The van der Waals surface area contributed by atoms with Crippen LogP contribution in [0.3, 0.4) is 0 Å². The first-order valence-corrected chi connectivity index (χ1v) is 8.47. The fraction of sp³-hybridized carbons (Fsp3) is 0.450. The van der Waals surface area contributed by atoms with E-state index in [-0.39, 0.29) is 35.1 Å². The van der Waals surface area contributed by atoms with Crippen molar-refractivity contribution in [3.63, 3.8) is 0 Å². The summed E-state index contributed by atoms with van der Waals surface area (Å²) in [6.45, 7) is 6.52. The molecule has 1 aliphatic heterocycles. The van der Waals surface area contributed by atoms with Crippen LogP contribution in [-0.4, -0.2) is 29.2 Å². The Bertz CT molecular complexity index is 745. The van der Waals surface area contributed by atoms with Gasteiger partial charge in [-0.3, -0.25) is 9.59 Å². The number of piperidine rings is 1. The van der Waals surface area contributed by atoms with Crippen molar-refractivity contribution in [1.29, 1.82) is 5.26 Å². The maximum Gasteiger partial charge on any atom is 0.237 e. The van der Waals surface area contributed by atoms with Crippen LogP contribution in [0.15, 0.2) is 42.0 Å². The van der Waals surface area contributed by atoms with E-state index in [0.717, 1.165) is 12.0 Å². The molecule has 3 rings (SSSR count). The van der Waals surface area contributed by atoms with Crippen LogP contribution >= 0.6 is 0 Å². The van der Waals surface area contributed by atoms with Crippen molar-refractivity contribution < 1.29 is 9.59 Å². The van der Waals surface area contributed by atoms with Gasteiger partial charge in [0, 0.05) is 18.5 Å². The number of hydrogen-bond acceptors (Lipinski definition) is 3. The Kier molecular flexibility index (Phi) is 4.04. The van der Waals surface area contributed by atoms with E-state index in [1.807, 2.05) is 62.1 Å². The normalized spacial score (nSPS) is 30.0. The third-order valence-electron chi connectivity index (χ3n) is 5.53. The second-order valence-corrected chi connectivity index (χ2v) is 7.05. The van der Waals surface area contributed by atoms with Crippen LogP contribution in [0.25, 0.3) is 0 Å². The molecular formula is C20H22N2O2. The number of benzene rings is 1. The number of likely N-dealkylation sites (tertiary alicyclic amines) is 1. The molecule has 24 heavy (non-hydrogen) atoms. The molecule has 4 heteroatoms. The number of amides is 1. The zero-order valence-corrected chi connectivity index (χ0v) is 14.3. The standard InChI is InChI=1S/C20H22N2O2/c1-13(2)22-10-9-17-14(3)18(23)15(12-21)11-20(17,19(22)24)16-7-5-4-6-8-16/h4-8,11,13-14,17H,9-10H2,1-3H3/t14-,17-,20-/m0/s1. The van der Waals surface area contributed by atoms with Gasteiger partial charge in [0.1, 0.15) is 6.07 Å². The first kappa shape index (κ1) is 16.4. The van der Waals surface area contributed by atoms with E-state index < -0.39 is 5.41 Å². The molecule has 1 aromatic rings. The molecule has 1 aromatic carbocycles. The highest BCUT2D eigenvalue weighted by Crippen LogP contribution is 2.49. The van der Waals surface area contributed by atoms with E-state index >= 15 is 0 Å². The lowest BCUT2D eigenvalue weighted by molar-refractivity contribution is -0.146. The summed E-state index contributed by atoms with van der Waals surface area (Å²) in [6, 6.07) is 11.7. The molecule has 0 spiro atoms. The third-order valence-corrected chi connectivity index (χ3v) is 5.53. The van der Waals surface area contributed by atoms with Gasteiger partial charge in [0.05, 0.1) is 11.0 Å². The van der Waals surface area contributed by atoms with Crippen LogP contribution in [0.2, 0.25) is 0 Å². The Morgan fingerprint density at radius 1 is 1.25 bits per heavy atom. The smallest absolute Gasteiger partial charge is 0.237 e. The number of rotatable bonds is 2. The van der Waals surface area contributed by atoms with Gasteiger partial charge < -0.3 is 4.90 Å². The number of Topliss-reactive ketones (excluding diaryl/α,β-unsaturated/α-hetero) is 1. The maximum absolute atomic E-state index is 13.5. The number of carbonyl (C=O) groups is 2. The Labute approximate surface area is 142 Å². The molecule has 0 aromatic heterocycles. The second kappa shape index (κ2) is 5.90. The van der Waals surface area contributed by atoms with Crippen LogP contribution in [0.5, 0.6) is 0 Å². The maximum atomic E-state index is 13.5. The number of carbonyl (C=O) groups excluding carboxylic acids is 2. The molecule has 0 radical (unpaired) electrons. The number of nitriles is 1. The zero-order chi connectivity index (χ0) is 17.5. The minimum Gasteiger partial charge on any atom is -0.339 e. The van der Waals surface area contributed by atoms with Crippen molar-refractivity contribution >= 4 is 11.7 Å². The molecular weight excluding hydrogens is 300 g/mol. The molecule has 1 heterocycles. The number of hydrogen-bond donors (Lipinski definition) is 0. The molecule has 124 valence electrons. The Morgan fingerprint density at radius 2 is 1.92 bits per heavy atom. The summed E-state index contributed by atoms with van der Waals surface area (Å²) in [5.41, 5.74) is 0.0707. The van der Waals surface area contributed by atoms with E-state index in [9.17, 15) is 14.9 Å². The predicted molar refractivity (Wildman–Crippen MR) is 90.9 cm³/mol. The molecule has 0 unspecified atom stereocenters. The lowest BCUT2D eigenvalue weighted by Gasteiger charge is -2.50. The van der Waals surface area contributed by atoms with Crippen molar-refractivity contribution in [2.24, 2.45) is 11.8 Å². The summed E-state index contributed by atoms with van der Waals surface area (Å²) in [4.78, 5) is 27.9. The largest absolute Gasteiger partial charge is 0.339 e. The molecule has 0 bridgehead atoms. The van der Waals surface area contributed by atoms with E-state index in [1.165, 1.54) is 0 Å². The predicted octanol–water partition coefficient (Wildman–Crippen LogP) is 2.85. The summed E-state index contributed by atoms with van der Waals surface area (Å²) in [6.07, 6.45) is 2.41. The number of nitrogens with zero attached hydrogens (tertiary/aromatic N) is 2. The minimum absolute atomic E-state index is 0.00653. The van der Waals surface area contributed by atoms with E-state index in [1.54, 1.807) is 6.08 Å². The van der Waals surface area contributed by atoms with Gasteiger partial charge in [-0.1, -0.05) is 37.3 Å². The fourth-order valence-corrected chi connectivity index (χ4v) is 4.26. The molecule has 1 saturated heterocycles. The first-order valence-electron chi connectivity index (χ1n) is 8.47. The number of allylic oxidation sites excluding steroid dienone is 1. The molecule has 1 amide bonds. The minimum atomic E-state index is -0.915. The molecule has 1 aliphatic carbocycles. The van der Waals surface area contributed by atoms with Crippen LogP contribution in [0.1, 0.15) is 32.8 Å². The van der Waals surface area contributed by atoms with Gasteiger partial charge >= 0.3 is 0 Å². The second-order valence-electron chi connectivity index (χ2n) is 7.05. The zero-order valence-electron chi connectivity index (χ0n) is 14.3. The molecule has 3 atom stereocenters. The van der Waals surface area contributed by atoms with Crippen LogP contribution < -0.4 is 0 Å². The van der Waals surface area contributed by atoms with Crippen molar-refractivity contribution in [3.05, 3.63) is 47.5 Å². The number of ketones is 1. The molecule has 0 saturated carbocycles. The average Bonchev–Trinajstić information content (AvgIpc) is 2.59. The van der Waals surface area contributed by atoms with Crippen LogP contribution in [0.4, 0.5) is 0 Å². The van der Waals surface area contributed by atoms with Crippen LogP contribution in [0, 0.1) is 23.2 Å². The molecule has 2 aliphatic rings. The lowest BCUT2D eigenvalue weighted by Crippen LogP contribution is -2.61. The Hall–Kier alpha value is -2.41. The van der Waals surface area contributed by atoms with E-state index in [2.05, 4.69) is 0 Å².